The molecule has 0 unspecified atom stereocenters. The average Bonchev–Trinajstić information content (AvgIpc) is 2.04. The molecule has 0 radical (unpaired) electrons. The summed E-state index contributed by atoms with van der Waals surface area (Å²) in [6, 6.07) is 5.14. The number of carbonyl (C=O) groups is 1. The molecule has 2 nitrogen and oxygen atoms in total. The van der Waals surface area contributed by atoms with Crippen LogP contribution < -0.4 is 0 Å². The summed E-state index contributed by atoms with van der Waals surface area (Å²) in [4.78, 5) is 11.2. The molecule has 0 saturated heterocycles. The Kier molecular flexibility index (Phi) is 3.00. The molecular formula is C8H7ClO2S. The lowest BCUT2D eigenvalue weighted by atomic mass is 10.1. The number of hydrogen-bond donors (Lipinski definition) is 1. The molecule has 0 spiro atoms. The van der Waals surface area contributed by atoms with Crippen LogP contribution in [0.15, 0.2) is 23.1 Å². The lowest BCUT2D eigenvalue weighted by molar-refractivity contribution is 0.0693. The maximum Gasteiger partial charge on any atom is 0.336 e. The Morgan fingerprint density at radius 3 is 2.75 bits per heavy atom. The number of carboxylic acids is 1. The zero-order valence-electron chi connectivity index (χ0n) is 6.37. The lowest BCUT2D eigenvalue weighted by Gasteiger charge is -2.01. The van der Waals surface area contributed by atoms with Crippen LogP contribution in [-0.4, -0.2) is 11.1 Å². The fourth-order valence-electron chi connectivity index (χ4n) is 0.878. The predicted octanol–water partition coefficient (Wildman–Crippen LogP) is 2.94. The number of aryl methyl sites for hydroxylation is 1. The van der Waals surface area contributed by atoms with Crippen molar-refractivity contribution in [2.75, 3.05) is 0 Å². The van der Waals surface area contributed by atoms with E-state index in [1.165, 1.54) is 0 Å². The molecule has 0 bridgehead atoms. The van der Waals surface area contributed by atoms with Gasteiger partial charge in [0.2, 0.25) is 0 Å². The molecule has 12 heavy (non-hydrogen) atoms. The summed E-state index contributed by atoms with van der Waals surface area (Å²) in [6.07, 6.45) is 0. The minimum absolute atomic E-state index is 0.259. The first-order valence-corrected chi connectivity index (χ1v) is 4.92. The molecule has 0 aliphatic carbocycles. The quantitative estimate of drug-likeness (QED) is 0.801. The van der Waals surface area contributed by atoms with E-state index in [2.05, 4.69) is 0 Å². The van der Waals surface area contributed by atoms with Crippen LogP contribution in [0, 0.1) is 6.92 Å². The second-order valence-corrected chi connectivity index (χ2v) is 3.44. The van der Waals surface area contributed by atoms with E-state index in [0.717, 1.165) is 16.5 Å². The van der Waals surface area contributed by atoms with E-state index < -0.39 is 5.97 Å². The Morgan fingerprint density at radius 2 is 2.25 bits per heavy atom. The van der Waals surface area contributed by atoms with Crippen molar-refractivity contribution in [1.82, 2.24) is 0 Å². The highest BCUT2D eigenvalue weighted by Crippen LogP contribution is 2.26. The van der Waals surface area contributed by atoms with Gasteiger partial charge in [-0.3, -0.25) is 0 Å². The van der Waals surface area contributed by atoms with E-state index in [1.807, 2.05) is 13.0 Å². The van der Waals surface area contributed by atoms with Crippen LogP contribution in [0.1, 0.15) is 15.9 Å². The van der Waals surface area contributed by atoms with Gasteiger partial charge in [-0.25, -0.2) is 4.79 Å². The Labute approximate surface area is 79.0 Å². The summed E-state index contributed by atoms with van der Waals surface area (Å²) in [5.41, 5.74) is 1.18. The van der Waals surface area contributed by atoms with Crippen LogP contribution in [0.2, 0.25) is 0 Å². The number of aromatic carboxylic acids is 1. The molecule has 1 aromatic carbocycles. The van der Waals surface area contributed by atoms with Gasteiger partial charge in [0.1, 0.15) is 0 Å². The summed E-state index contributed by atoms with van der Waals surface area (Å²) in [6.45, 7) is 1.84. The number of rotatable bonds is 2. The van der Waals surface area contributed by atoms with Gasteiger partial charge in [0.05, 0.1) is 5.56 Å². The van der Waals surface area contributed by atoms with Crippen molar-refractivity contribution < 1.29 is 9.90 Å². The second kappa shape index (κ2) is 3.83. The minimum atomic E-state index is -0.943. The third-order valence-electron chi connectivity index (χ3n) is 1.45. The molecule has 1 rings (SSSR count). The molecular weight excluding hydrogens is 196 g/mol. The van der Waals surface area contributed by atoms with Crippen LogP contribution in [0.5, 0.6) is 0 Å². The zero-order chi connectivity index (χ0) is 9.14. The standard InChI is InChI=1S/C8H7ClO2S/c1-5-2-3-7(12-9)6(4-5)8(10)11/h2-4H,1H3,(H,10,11). The molecule has 64 valence electrons. The molecule has 1 aromatic rings. The molecule has 4 heteroatoms. The molecule has 0 aromatic heterocycles. The molecule has 0 aliphatic rings. The van der Waals surface area contributed by atoms with E-state index in [-0.39, 0.29) is 5.56 Å². The van der Waals surface area contributed by atoms with Crippen molar-refractivity contribution in [1.29, 1.82) is 0 Å². The number of halogens is 1. The van der Waals surface area contributed by atoms with E-state index in [1.54, 1.807) is 12.1 Å². The molecule has 0 saturated carbocycles. The van der Waals surface area contributed by atoms with Crippen molar-refractivity contribution >= 4 is 27.6 Å². The largest absolute Gasteiger partial charge is 0.478 e. The third-order valence-corrected chi connectivity index (χ3v) is 2.47. The Bertz CT molecular complexity index is 312. The molecule has 0 aliphatic heterocycles. The maximum atomic E-state index is 10.7. The van der Waals surface area contributed by atoms with Gasteiger partial charge in [-0.05, 0) is 40.7 Å². The van der Waals surface area contributed by atoms with Gasteiger partial charge in [-0.2, -0.15) is 0 Å². The van der Waals surface area contributed by atoms with Crippen molar-refractivity contribution in [2.45, 2.75) is 11.8 Å². The third kappa shape index (κ3) is 1.93. The summed E-state index contributed by atoms with van der Waals surface area (Å²) in [5, 5.41) is 8.75. The highest BCUT2D eigenvalue weighted by Gasteiger charge is 2.09. The maximum absolute atomic E-state index is 10.7. The molecule has 1 N–H and O–H groups in total. The number of hydrogen-bond acceptors (Lipinski definition) is 2. The first kappa shape index (κ1) is 9.42. The molecule has 0 fully saturated rings. The SMILES string of the molecule is Cc1ccc(SCl)c(C(=O)O)c1. The van der Waals surface area contributed by atoms with Crippen LogP contribution in [0.3, 0.4) is 0 Å². The number of benzene rings is 1. The smallest absolute Gasteiger partial charge is 0.336 e. The van der Waals surface area contributed by atoms with Gasteiger partial charge in [-0.15, -0.1) is 0 Å². The molecule has 0 atom stereocenters. The van der Waals surface area contributed by atoms with E-state index >= 15 is 0 Å². The first-order valence-electron chi connectivity index (χ1n) is 3.27. The summed E-state index contributed by atoms with van der Waals surface area (Å²) >= 11 is 0. The molecule has 0 amide bonds. The van der Waals surface area contributed by atoms with Crippen LogP contribution in [-0.2, 0) is 0 Å². The lowest BCUT2D eigenvalue weighted by Crippen LogP contribution is -1.98. The average molecular weight is 203 g/mol. The highest BCUT2D eigenvalue weighted by atomic mass is 35.7. The summed E-state index contributed by atoms with van der Waals surface area (Å²) < 4.78 is 0. The van der Waals surface area contributed by atoms with Gasteiger partial charge in [0.15, 0.2) is 0 Å². The Balaban J connectivity index is 3.21. The monoisotopic (exact) mass is 202 g/mol. The highest BCUT2D eigenvalue weighted by molar-refractivity contribution is 8.21. The minimum Gasteiger partial charge on any atom is -0.478 e. The van der Waals surface area contributed by atoms with E-state index in [9.17, 15) is 4.79 Å². The predicted molar refractivity (Wildman–Crippen MR) is 49.8 cm³/mol. The van der Waals surface area contributed by atoms with Crippen LogP contribution in [0.4, 0.5) is 0 Å². The van der Waals surface area contributed by atoms with Gasteiger partial charge < -0.3 is 5.11 Å². The second-order valence-electron chi connectivity index (χ2n) is 2.38. The van der Waals surface area contributed by atoms with Crippen molar-refractivity contribution in [3.05, 3.63) is 29.3 Å². The van der Waals surface area contributed by atoms with E-state index in [0.29, 0.717) is 4.90 Å². The fourth-order valence-corrected chi connectivity index (χ4v) is 1.63. The fraction of sp³-hybridized carbons (Fsp3) is 0.125. The van der Waals surface area contributed by atoms with Gasteiger partial charge in [0.25, 0.3) is 0 Å². The molecule has 0 heterocycles. The van der Waals surface area contributed by atoms with Crippen molar-refractivity contribution in [2.24, 2.45) is 0 Å². The van der Waals surface area contributed by atoms with Gasteiger partial charge in [-0.1, -0.05) is 11.6 Å². The normalized spacial score (nSPS) is 9.83. The summed E-state index contributed by atoms with van der Waals surface area (Å²) in [7, 11) is 6.41. The van der Waals surface area contributed by atoms with Gasteiger partial charge in [0, 0.05) is 4.90 Å². The van der Waals surface area contributed by atoms with Crippen molar-refractivity contribution in [3.8, 4) is 0 Å². The topological polar surface area (TPSA) is 37.3 Å². The Morgan fingerprint density at radius 1 is 1.58 bits per heavy atom. The van der Waals surface area contributed by atoms with E-state index in [4.69, 9.17) is 15.8 Å². The Hall–Kier alpha value is -0.670. The van der Waals surface area contributed by atoms with Crippen LogP contribution in [0.25, 0.3) is 0 Å². The number of carboxylic acid groups (broad SMARTS) is 1. The summed E-state index contributed by atoms with van der Waals surface area (Å²) in [5.74, 6) is -0.943. The zero-order valence-corrected chi connectivity index (χ0v) is 7.95. The first-order chi connectivity index (χ1) is 5.65. The van der Waals surface area contributed by atoms with Crippen LogP contribution >= 0.6 is 21.7 Å². The van der Waals surface area contributed by atoms with Gasteiger partial charge >= 0.3 is 5.97 Å². The van der Waals surface area contributed by atoms with Crippen molar-refractivity contribution in [3.63, 3.8) is 0 Å².